The molecule has 0 amide bonds. The Morgan fingerprint density at radius 3 is 2.54 bits per heavy atom. The van der Waals surface area contributed by atoms with Crippen molar-refractivity contribution in [3.05, 3.63) is 12.2 Å². The van der Waals surface area contributed by atoms with Crippen molar-refractivity contribution in [1.29, 1.82) is 0 Å². The Morgan fingerprint density at radius 2 is 2.00 bits per heavy atom. The van der Waals surface area contributed by atoms with E-state index in [1.54, 1.807) is 0 Å². The summed E-state index contributed by atoms with van der Waals surface area (Å²) in [6.45, 7) is 2.04. The number of allylic oxidation sites excluding steroid dienone is 2. The molecule has 78 valence electrons. The average Bonchev–Trinajstić information content (AvgIpc) is 2.01. The van der Waals surface area contributed by atoms with Crippen molar-refractivity contribution in [3.8, 4) is 0 Å². The standard InChI is InChI=1S/C8H16O4S/c1-2-3-4-5-6-7-8-12-13(9,10)11/h3-4H,2,5-8H2,1H3,(H,9,10,11)/p-1/b4-3-. The maximum atomic E-state index is 9.97. The summed E-state index contributed by atoms with van der Waals surface area (Å²) in [4.78, 5) is 0. The molecule has 0 spiro atoms. The maximum Gasteiger partial charge on any atom is 0.217 e. The molecule has 0 fully saturated rings. The van der Waals surface area contributed by atoms with Gasteiger partial charge >= 0.3 is 0 Å². The summed E-state index contributed by atoms with van der Waals surface area (Å²) in [7, 11) is -4.49. The van der Waals surface area contributed by atoms with Gasteiger partial charge in [-0.25, -0.2) is 8.42 Å². The van der Waals surface area contributed by atoms with E-state index >= 15 is 0 Å². The van der Waals surface area contributed by atoms with Crippen LogP contribution in [0.2, 0.25) is 0 Å². The Balaban J connectivity index is 3.23. The Hall–Kier alpha value is -0.390. The summed E-state index contributed by atoms with van der Waals surface area (Å²) < 4.78 is 34.0. The molecule has 13 heavy (non-hydrogen) atoms. The molecule has 0 saturated heterocycles. The molecule has 0 aliphatic rings. The van der Waals surface area contributed by atoms with Crippen molar-refractivity contribution in [2.45, 2.75) is 32.6 Å². The van der Waals surface area contributed by atoms with Crippen LogP contribution in [0.3, 0.4) is 0 Å². The molecule has 0 bridgehead atoms. The molecule has 0 aliphatic carbocycles. The fourth-order valence-corrected chi connectivity index (χ4v) is 1.13. The molecule has 0 radical (unpaired) electrons. The van der Waals surface area contributed by atoms with E-state index in [0.29, 0.717) is 6.42 Å². The van der Waals surface area contributed by atoms with Crippen molar-refractivity contribution in [2.24, 2.45) is 0 Å². The average molecular weight is 207 g/mol. The molecule has 0 saturated carbocycles. The van der Waals surface area contributed by atoms with E-state index < -0.39 is 10.4 Å². The third-order valence-corrected chi connectivity index (χ3v) is 1.85. The van der Waals surface area contributed by atoms with Gasteiger partial charge in [0.05, 0.1) is 6.61 Å². The number of unbranched alkanes of at least 4 members (excludes halogenated alkanes) is 2. The van der Waals surface area contributed by atoms with Crippen LogP contribution >= 0.6 is 0 Å². The minimum Gasteiger partial charge on any atom is -0.726 e. The van der Waals surface area contributed by atoms with Crippen LogP contribution in [0.15, 0.2) is 12.2 Å². The van der Waals surface area contributed by atoms with Gasteiger partial charge in [0, 0.05) is 0 Å². The first-order valence-electron chi connectivity index (χ1n) is 4.31. The molecular formula is C8H15O4S-. The quantitative estimate of drug-likeness (QED) is 0.275. The van der Waals surface area contributed by atoms with Crippen LogP contribution in [0.4, 0.5) is 0 Å². The van der Waals surface area contributed by atoms with Gasteiger partial charge in [-0.3, -0.25) is 4.18 Å². The summed E-state index contributed by atoms with van der Waals surface area (Å²) in [6, 6.07) is 0. The van der Waals surface area contributed by atoms with E-state index in [1.807, 2.05) is 19.1 Å². The zero-order chi connectivity index (χ0) is 10.2. The minimum atomic E-state index is -4.49. The predicted molar refractivity (Wildman–Crippen MR) is 48.9 cm³/mol. The van der Waals surface area contributed by atoms with Crippen LogP contribution < -0.4 is 0 Å². The normalized spacial score (nSPS) is 12.5. The smallest absolute Gasteiger partial charge is 0.217 e. The summed E-state index contributed by atoms with van der Waals surface area (Å²) >= 11 is 0. The van der Waals surface area contributed by atoms with Crippen molar-refractivity contribution >= 4 is 10.4 Å². The number of hydrogen-bond donors (Lipinski definition) is 0. The van der Waals surface area contributed by atoms with E-state index in [2.05, 4.69) is 4.18 Å². The van der Waals surface area contributed by atoms with E-state index in [-0.39, 0.29) is 6.61 Å². The van der Waals surface area contributed by atoms with Gasteiger partial charge in [-0.05, 0) is 25.7 Å². The lowest BCUT2D eigenvalue weighted by Gasteiger charge is -2.05. The lowest BCUT2D eigenvalue weighted by molar-refractivity contribution is 0.256. The maximum absolute atomic E-state index is 9.97. The highest BCUT2D eigenvalue weighted by Gasteiger charge is 1.93. The SMILES string of the molecule is CC/C=C\CCCCOS(=O)(=O)[O-]. The zero-order valence-corrected chi connectivity index (χ0v) is 8.55. The molecule has 0 aromatic heterocycles. The Labute approximate surface area is 79.6 Å². The summed E-state index contributed by atoms with van der Waals surface area (Å²) in [5.74, 6) is 0. The lowest BCUT2D eigenvalue weighted by atomic mass is 10.2. The lowest BCUT2D eigenvalue weighted by Crippen LogP contribution is -2.04. The Kier molecular flexibility index (Phi) is 6.84. The van der Waals surface area contributed by atoms with Gasteiger partial charge in [-0.1, -0.05) is 19.1 Å². The Morgan fingerprint density at radius 1 is 1.31 bits per heavy atom. The van der Waals surface area contributed by atoms with Crippen molar-refractivity contribution in [2.75, 3.05) is 6.61 Å². The molecule has 4 nitrogen and oxygen atoms in total. The summed E-state index contributed by atoms with van der Waals surface area (Å²) in [6.07, 6.45) is 7.42. The molecular weight excluding hydrogens is 192 g/mol. The van der Waals surface area contributed by atoms with Crippen LogP contribution in [0, 0.1) is 0 Å². The van der Waals surface area contributed by atoms with Gasteiger partial charge in [0.15, 0.2) is 0 Å². The van der Waals surface area contributed by atoms with Gasteiger partial charge in [-0.2, -0.15) is 0 Å². The van der Waals surface area contributed by atoms with E-state index in [0.717, 1.165) is 19.3 Å². The Bertz CT molecular complexity index is 231. The minimum absolute atomic E-state index is 0.00814. The van der Waals surface area contributed by atoms with Crippen LogP contribution in [0.1, 0.15) is 32.6 Å². The van der Waals surface area contributed by atoms with E-state index in [1.165, 1.54) is 0 Å². The first kappa shape index (κ1) is 12.6. The second-order valence-electron chi connectivity index (χ2n) is 2.61. The third kappa shape index (κ3) is 11.6. The first-order chi connectivity index (χ1) is 6.06. The van der Waals surface area contributed by atoms with Gasteiger partial charge in [0.1, 0.15) is 0 Å². The van der Waals surface area contributed by atoms with Crippen molar-refractivity contribution < 1.29 is 17.2 Å². The molecule has 0 aromatic carbocycles. The van der Waals surface area contributed by atoms with E-state index in [9.17, 15) is 13.0 Å². The number of hydrogen-bond acceptors (Lipinski definition) is 4. The molecule has 0 atom stereocenters. The van der Waals surface area contributed by atoms with Crippen LogP contribution in [0.5, 0.6) is 0 Å². The van der Waals surface area contributed by atoms with Crippen LogP contribution in [-0.4, -0.2) is 19.6 Å². The summed E-state index contributed by atoms with van der Waals surface area (Å²) in [5, 5.41) is 0. The van der Waals surface area contributed by atoms with Crippen LogP contribution in [-0.2, 0) is 14.6 Å². The predicted octanol–water partition coefficient (Wildman–Crippen LogP) is 1.60. The highest BCUT2D eigenvalue weighted by molar-refractivity contribution is 7.80. The van der Waals surface area contributed by atoms with Gasteiger partial charge < -0.3 is 4.55 Å². The monoisotopic (exact) mass is 207 g/mol. The van der Waals surface area contributed by atoms with Crippen molar-refractivity contribution in [3.63, 3.8) is 0 Å². The van der Waals surface area contributed by atoms with Crippen molar-refractivity contribution in [1.82, 2.24) is 0 Å². The first-order valence-corrected chi connectivity index (χ1v) is 5.65. The summed E-state index contributed by atoms with van der Waals surface area (Å²) in [5.41, 5.74) is 0. The molecule has 5 heteroatoms. The fraction of sp³-hybridized carbons (Fsp3) is 0.750. The highest BCUT2D eigenvalue weighted by Crippen LogP contribution is 1.99. The topological polar surface area (TPSA) is 66.4 Å². The molecule has 0 rings (SSSR count). The zero-order valence-electron chi connectivity index (χ0n) is 7.73. The van der Waals surface area contributed by atoms with Gasteiger partial charge in [0.2, 0.25) is 10.4 Å². The molecule has 0 aliphatic heterocycles. The van der Waals surface area contributed by atoms with Gasteiger partial charge in [0.25, 0.3) is 0 Å². The second-order valence-corrected chi connectivity index (χ2v) is 3.66. The molecule has 0 aromatic rings. The third-order valence-electron chi connectivity index (χ3n) is 1.40. The van der Waals surface area contributed by atoms with Gasteiger partial charge in [-0.15, -0.1) is 0 Å². The molecule has 0 unspecified atom stereocenters. The second kappa shape index (κ2) is 7.06. The number of rotatable bonds is 7. The molecule has 0 N–H and O–H groups in total. The van der Waals surface area contributed by atoms with E-state index in [4.69, 9.17) is 0 Å². The van der Waals surface area contributed by atoms with Crippen LogP contribution in [0.25, 0.3) is 0 Å². The molecule has 0 heterocycles. The highest BCUT2D eigenvalue weighted by atomic mass is 32.3. The fourth-order valence-electron chi connectivity index (χ4n) is 0.810. The largest absolute Gasteiger partial charge is 0.726 e.